The van der Waals surface area contributed by atoms with E-state index in [1.165, 1.54) is 4.90 Å². The third kappa shape index (κ3) is 8.30. The van der Waals surface area contributed by atoms with Crippen LogP contribution < -0.4 is 0 Å². The Labute approximate surface area is 109 Å². The van der Waals surface area contributed by atoms with E-state index < -0.39 is 27.9 Å². The second-order valence-corrected chi connectivity index (χ2v) is 6.73. The molecule has 18 heavy (non-hydrogen) atoms. The van der Waals surface area contributed by atoms with Crippen molar-refractivity contribution in [3.05, 3.63) is 0 Å². The predicted molar refractivity (Wildman–Crippen MR) is 68.9 cm³/mol. The smallest absolute Gasteiger partial charge is 0.410 e. The molecular weight excluding hydrogens is 258 g/mol. The Morgan fingerprint density at radius 1 is 1.33 bits per heavy atom. The Morgan fingerprint density at radius 2 is 1.83 bits per heavy atom. The highest BCUT2D eigenvalue weighted by molar-refractivity contribution is 7.86. The zero-order chi connectivity index (χ0) is 14.6. The van der Waals surface area contributed by atoms with Crippen molar-refractivity contribution in [3.63, 3.8) is 0 Å². The molecule has 0 spiro atoms. The van der Waals surface area contributed by atoms with Gasteiger partial charge in [0.1, 0.15) is 5.60 Å². The van der Waals surface area contributed by atoms with Gasteiger partial charge in [0, 0.05) is 6.54 Å². The highest BCUT2D eigenvalue weighted by atomic mass is 32.2. The summed E-state index contributed by atoms with van der Waals surface area (Å²) in [7, 11) is -3.52. The molecule has 1 unspecified atom stereocenters. The molecule has 6 nitrogen and oxygen atoms in total. The molecule has 108 valence electrons. The lowest BCUT2D eigenvalue weighted by Crippen LogP contribution is -2.41. The van der Waals surface area contributed by atoms with Crippen molar-refractivity contribution < 1.29 is 22.1 Å². The maximum atomic E-state index is 11.8. The van der Waals surface area contributed by atoms with Crippen LogP contribution in [0.25, 0.3) is 0 Å². The van der Waals surface area contributed by atoms with Crippen molar-refractivity contribution >= 4 is 16.2 Å². The minimum atomic E-state index is -3.52. The van der Waals surface area contributed by atoms with E-state index in [0.29, 0.717) is 6.54 Å². The van der Waals surface area contributed by atoms with Gasteiger partial charge in [0.2, 0.25) is 0 Å². The fourth-order valence-electron chi connectivity index (χ4n) is 1.30. The Bertz CT molecular complexity index is 371. The Balaban J connectivity index is 4.48. The first-order valence-electron chi connectivity index (χ1n) is 5.81. The molecule has 7 heteroatoms. The molecule has 1 amide bonds. The molecule has 0 heterocycles. The second kappa shape index (κ2) is 6.38. The number of hydrogen-bond acceptors (Lipinski definition) is 5. The molecule has 0 aromatic rings. The predicted octanol–water partition coefficient (Wildman–Crippen LogP) is 1.61. The van der Waals surface area contributed by atoms with Crippen molar-refractivity contribution in [1.82, 2.24) is 4.90 Å². The van der Waals surface area contributed by atoms with Crippen LogP contribution in [-0.2, 0) is 19.0 Å². The van der Waals surface area contributed by atoms with Crippen LogP contribution in [0, 0.1) is 0 Å². The fraction of sp³-hybridized carbons (Fsp3) is 0.909. The van der Waals surface area contributed by atoms with Crippen molar-refractivity contribution in [1.29, 1.82) is 0 Å². The first-order valence-corrected chi connectivity index (χ1v) is 7.62. The van der Waals surface area contributed by atoms with E-state index in [-0.39, 0.29) is 6.54 Å². The summed E-state index contributed by atoms with van der Waals surface area (Å²) >= 11 is 0. The number of nitrogens with zero attached hydrogens (tertiary/aromatic N) is 1. The molecule has 0 aliphatic rings. The van der Waals surface area contributed by atoms with Gasteiger partial charge in [0.15, 0.2) is 0 Å². The molecule has 0 rings (SSSR count). The van der Waals surface area contributed by atoms with Crippen molar-refractivity contribution in [2.75, 3.05) is 19.3 Å². The summed E-state index contributed by atoms with van der Waals surface area (Å²) in [4.78, 5) is 13.2. The van der Waals surface area contributed by atoms with Gasteiger partial charge in [-0.15, -0.1) is 0 Å². The highest BCUT2D eigenvalue weighted by Gasteiger charge is 2.23. The summed E-state index contributed by atoms with van der Waals surface area (Å²) in [5.74, 6) is 0. The van der Waals surface area contributed by atoms with Crippen molar-refractivity contribution in [2.45, 2.75) is 46.3 Å². The lowest BCUT2D eigenvalue weighted by Gasteiger charge is -2.28. The van der Waals surface area contributed by atoms with E-state index in [9.17, 15) is 13.2 Å². The van der Waals surface area contributed by atoms with Crippen molar-refractivity contribution in [2.24, 2.45) is 0 Å². The Kier molecular flexibility index (Phi) is 6.09. The highest BCUT2D eigenvalue weighted by Crippen LogP contribution is 2.11. The molecular formula is C11H23NO5S. The summed E-state index contributed by atoms with van der Waals surface area (Å²) < 4.78 is 31.9. The van der Waals surface area contributed by atoms with Crippen LogP contribution in [0.2, 0.25) is 0 Å². The van der Waals surface area contributed by atoms with E-state index in [1.807, 2.05) is 0 Å². The molecule has 0 aromatic heterocycles. The summed E-state index contributed by atoms with van der Waals surface area (Å²) in [5.41, 5.74) is -0.578. The van der Waals surface area contributed by atoms with Gasteiger partial charge in [-0.05, 0) is 34.6 Å². The van der Waals surface area contributed by atoms with Crippen LogP contribution >= 0.6 is 0 Å². The SMILES string of the molecule is CCN(CC(C)OS(C)(=O)=O)C(=O)OC(C)(C)C. The Hall–Kier alpha value is -0.820. The van der Waals surface area contributed by atoms with E-state index in [2.05, 4.69) is 0 Å². The molecule has 0 fully saturated rings. The Morgan fingerprint density at radius 3 is 2.17 bits per heavy atom. The molecule has 0 N–H and O–H groups in total. The quantitative estimate of drug-likeness (QED) is 0.716. The maximum Gasteiger partial charge on any atom is 0.410 e. The van der Waals surface area contributed by atoms with Gasteiger partial charge in [-0.1, -0.05) is 0 Å². The van der Waals surface area contributed by atoms with Crippen molar-refractivity contribution in [3.8, 4) is 0 Å². The molecule has 0 radical (unpaired) electrons. The molecule has 0 saturated heterocycles. The van der Waals surface area contributed by atoms with Crippen LogP contribution in [-0.4, -0.2) is 50.5 Å². The van der Waals surface area contributed by atoms with E-state index in [4.69, 9.17) is 8.92 Å². The van der Waals surface area contributed by atoms with Crippen LogP contribution in [0.15, 0.2) is 0 Å². The maximum absolute atomic E-state index is 11.8. The molecule has 0 saturated carbocycles. The number of likely N-dealkylation sites (N-methyl/N-ethyl adjacent to an activating group) is 1. The minimum absolute atomic E-state index is 0.165. The third-order valence-corrected chi connectivity index (χ3v) is 2.53. The summed E-state index contributed by atoms with van der Waals surface area (Å²) in [6.45, 7) is 9.29. The monoisotopic (exact) mass is 281 g/mol. The van der Waals surface area contributed by atoms with Gasteiger partial charge in [-0.25, -0.2) is 4.79 Å². The van der Waals surface area contributed by atoms with Crippen LogP contribution in [0.5, 0.6) is 0 Å². The number of rotatable bonds is 5. The molecule has 0 aromatic carbocycles. The summed E-state index contributed by atoms with van der Waals surface area (Å²) in [5, 5.41) is 0. The van der Waals surface area contributed by atoms with E-state index in [0.717, 1.165) is 6.26 Å². The summed E-state index contributed by atoms with van der Waals surface area (Å²) in [6, 6.07) is 0. The number of amides is 1. The standard InChI is InChI=1S/C11H23NO5S/c1-7-12(10(13)16-11(3,4)5)8-9(2)17-18(6,14)15/h9H,7-8H2,1-6H3. The minimum Gasteiger partial charge on any atom is -0.444 e. The first-order chi connectivity index (χ1) is 7.94. The third-order valence-electron chi connectivity index (χ3n) is 1.85. The number of carbonyl (C=O) groups excluding carboxylic acids is 1. The van der Waals surface area contributed by atoms with Gasteiger partial charge in [-0.2, -0.15) is 8.42 Å². The number of carbonyl (C=O) groups is 1. The van der Waals surface area contributed by atoms with Crippen LogP contribution in [0.4, 0.5) is 4.79 Å². The van der Waals surface area contributed by atoms with Gasteiger partial charge in [0.05, 0.1) is 18.9 Å². The molecule has 0 aliphatic heterocycles. The average molecular weight is 281 g/mol. The normalized spacial score (nSPS) is 14.1. The second-order valence-electron chi connectivity index (χ2n) is 5.13. The number of hydrogen-bond donors (Lipinski definition) is 0. The van der Waals surface area contributed by atoms with E-state index in [1.54, 1.807) is 34.6 Å². The molecule has 0 bridgehead atoms. The molecule has 0 aliphatic carbocycles. The topological polar surface area (TPSA) is 72.9 Å². The fourth-order valence-corrected chi connectivity index (χ4v) is 1.96. The average Bonchev–Trinajstić information content (AvgIpc) is 2.07. The number of ether oxygens (including phenoxy) is 1. The lowest BCUT2D eigenvalue weighted by atomic mass is 10.2. The lowest BCUT2D eigenvalue weighted by molar-refractivity contribution is 0.0196. The zero-order valence-electron chi connectivity index (χ0n) is 11.9. The van der Waals surface area contributed by atoms with Crippen LogP contribution in [0.1, 0.15) is 34.6 Å². The van der Waals surface area contributed by atoms with Gasteiger partial charge < -0.3 is 9.64 Å². The zero-order valence-corrected chi connectivity index (χ0v) is 12.7. The first kappa shape index (κ1) is 17.2. The molecule has 1 atom stereocenters. The summed E-state index contributed by atoms with van der Waals surface area (Å²) in [6.07, 6.45) is -0.103. The van der Waals surface area contributed by atoms with Crippen LogP contribution in [0.3, 0.4) is 0 Å². The van der Waals surface area contributed by atoms with Gasteiger partial charge in [-0.3, -0.25) is 4.18 Å². The largest absolute Gasteiger partial charge is 0.444 e. The van der Waals surface area contributed by atoms with E-state index >= 15 is 0 Å². The van der Waals surface area contributed by atoms with Gasteiger partial charge >= 0.3 is 6.09 Å². The van der Waals surface area contributed by atoms with Gasteiger partial charge in [0.25, 0.3) is 10.1 Å².